The van der Waals surface area contributed by atoms with Crippen LogP contribution in [0.3, 0.4) is 0 Å². The van der Waals surface area contributed by atoms with E-state index in [0.29, 0.717) is 16.9 Å². The molecule has 1 aromatic heterocycles. The van der Waals surface area contributed by atoms with E-state index >= 15 is 0 Å². The van der Waals surface area contributed by atoms with Crippen molar-refractivity contribution in [2.45, 2.75) is 4.90 Å². The number of carbonyl (C=O) groups is 4. The summed E-state index contributed by atoms with van der Waals surface area (Å²) in [4.78, 5) is 51.3. The van der Waals surface area contributed by atoms with Crippen LogP contribution in [0.4, 0.5) is 11.4 Å². The first kappa shape index (κ1) is 27.4. The number of benzene rings is 3. The van der Waals surface area contributed by atoms with Crippen molar-refractivity contribution in [3.8, 4) is 0 Å². The van der Waals surface area contributed by atoms with Crippen molar-refractivity contribution in [3.63, 3.8) is 0 Å². The molecule has 4 rings (SSSR count). The Labute approximate surface area is 233 Å². The zero-order valence-electron chi connectivity index (χ0n) is 20.5. The summed E-state index contributed by atoms with van der Waals surface area (Å²) in [6.07, 6.45) is 1.63. The maximum atomic E-state index is 13.1. The lowest BCUT2D eigenvalue weighted by Crippen LogP contribution is -2.30. The van der Waals surface area contributed by atoms with Gasteiger partial charge in [-0.2, -0.15) is 0 Å². The van der Waals surface area contributed by atoms with Crippen LogP contribution in [0.1, 0.15) is 25.6 Å². The monoisotopic (exact) mass is 556 g/mol. The molecule has 4 aromatic rings. The topological polar surface area (TPSA) is 130 Å². The summed E-state index contributed by atoms with van der Waals surface area (Å²) in [7, 11) is 0. The second-order valence-corrected chi connectivity index (χ2v) is 10.1. The van der Waals surface area contributed by atoms with Crippen molar-refractivity contribution in [2.24, 2.45) is 5.73 Å². The zero-order chi connectivity index (χ0) is 27.6. The number of hydrogen-bond donors (Lipinski definition) is 4. The van der Waals surface area contributed by atoms with E-state index in [-0.39, 0.29) is 22.9 Å². The lowest BCUT2D eigenvalue weighted by molar-refractivity contribution is -0.114. The van der Waals surface area contributed by atoms with E-state index in [2.05, 4.69) is 16.0 Å². The number of nitrogens with one attached hydrogen (secondary N) is 3. The molecule has 5 N–H and O–H groups in total. The van der Waals surface area contributed by atoms with Gasteiger partial charge in [-0.15, -0.1) is 23.1 Å². The number of anilines is 2. The number of primary amides is 1. The minimum absolute atomic E-state index is 0.109. The summed E-state index contributed by atoms with van der Waals surface area (Å²) in [5.41, 5.74) is 7.03. The van der Waals surface area contributed by atoms with Gasteiger partial charge < -0.3 is 21.7 Å². The lowest BCUT2D eigenvalue weighted by Gasteiger charge is -2.12. The van der Waals surface area contributed by atoms with E-state index < -0.39 is 17.7 Å². The highest BCUT2D eigenvalue weighted by Crippen LogP contribution is 2.22. The number of para-hydroxylation sites is 1. The minimum Gasteiger partial charge on any atom is -0.366 e. The largest absolute Gasteiger partial charge is 0.366 e. The van der Waals surface area contributed by atoms with Gasteiger partial charge in [0.15, 0.2) is 0 Å². The van der Waals surface area contributed by atoms with Crippen LogP contribution in [0.25, 0.3) is 6.08 Å². The fourth-order valence-electron chi connectivity index (χ4n) is 3.43. The van der Waals surface area contributed by atoms with Crippen molar-refractivity contribution < 1.29 is 19.2 Å². The van der Waals surface area contributed by atoms with Crippen LogP contribution in [-0.2, 0) is 9.59 Å². The molecule has 39 heavy (non-hydrogen) atoms. The second-order valence-electron chi connectivity index (χ2n) is 8.12. The van der Waals surface area contributed by atoms with E-state index in [9.17, 15) is 19.2 Å². The molecule has 3 aromatic carbocycles. The Balaban J connectivity index is 1.37. The van der Waals surface area contributed by atoms with Gasteiger partial charge >= 0.3 is 0 Å². The van der Waals surface area contributed by atoms with Gasteiger partial charge in [-0.25, -0.2) is 0 Å². The molecule has 0 aliphatic heterocycles. The maximum Gasteiger partial charge on any atom is 0.272 e. The average molecular weight is 557 g/mol. The molecule has 0 saturated heterocycles. The maximum absolute atomic E-state index is 13.1. The predicted molar refractivity (Wildman–Crippen MR) is 156 cm³/mol. The van der Waals surface area contributed by atoms with Crippen molar-refractivity contribution in [2.75, 3.05) is 16.4 Å². The molecule has 1 heterocycles. The van der Waals surface area contributed by atoms with Crippen molar-refractivity contribution >= 4 is 64.2 Å². The quantitative estimate of drug-likeness (QED) is 0.162. The molecular weight excluding hydrogens is 532 g/mol. The van der Waals surface area contributed by atoms with Gasteiger partial charge in [-0.05, 0) is 66.1 Å². The van der Waals surface area contributed by atoms with Crippen LogP contribution in [-0.4, -0.2) is 29.4 Å². The molecule has 0 atom stereocenters. The predicted octanol–water partition coefficient (Wildman–Crippen LogP) is 4.99. The summed E-state index contributed by atoms with van der Waals surface area (Å²) in [5.74, 6) is -1.66. The van der Waals surface area contributed by atoms with Crippen molar-refractivity contribution in [3.05, 3.63) is 118 Å². The van der Waals surface area contributed by atoms with Crippen LogP contribution in [0.2, 0.25) is 0 Å². The first-order chi connectivity index (χ1) is 18.9. The number of thioether (sulfide) groups is 1. The normalized spacial score (nSPS) is 10.9. The van der Waals surface area contributed by atoms with Crippen LogP contribution >= 0.6 is 23.1 Å². The molecule has 0 bridgehead atoms. The van der Waals surface area contributed by atoms with Gasteiger partial charge in [-0.1, -0.05) is 36.4 Å². The Morgan fingerprint density at radius 2 is 1.54 bits per heavy atom. The number of nitrogens with two attached hydrogens (primary N) is 1. The third kappa shape index (κ3) is 7.91. The van der Waals surface area contributed by atoms with E-state index in [1.807, 2.05) is 23.6 Å². The molecule has 8 nitrogen and oxygen atoms in total. The lowest BCUT2D eigenvalue weighted by atomic mass is 10.1. The summed E-state index contributed by atoms with van der Waals surface area (Å²) >= 11 is 2.74. The van der Waals surface area contributed by atoms with Crippen LogP contribution in [0.5, 0.6) is 0 Å². The number of thiophene rings is 1. The number of rotatable bonds is 10. The van der Waals surface area contributed by atoms with E-state index in [1.165, 1.54) is 23.1 Å². The molecule has 0 aliphatic carbocycles. The molecule has 10 heteroatoms. The fourth-order valence-corrected chi connectivity index (χ4v) is 4.79. The summed E-state index contributed by atoms with van der Waals surface area (Å²) < 4.78 is 0. The second kappa shape index (κ2) is 13.2. The SMILES string of the molecule is NC(=O)c1ccccc1NC(=O)CSc1ccc(NC(=O)/C(=C/c2cccs2)NC(=O)c2ccccc2)cc1. The molecule has 0 radical (unpaired) electrons. The highest BCUT2D eigenvalue weighted by Gasteiger charge is 2.16. The molecule has 0 spiro atoms. The van der Waals surface area contributed by atoms with Gasteiger partial charge in [0.25, 0.3) is 17.7 Å². The van der Waals surface area contributed by atoms with E-state index in [1.54, 1.807) is 78.9 Å². The minimum atomic E-state index is -0.621. The summed E-state index contributed by atoms with van der Waals surface area (Å²) in [6, 6.07) is 25.9. The molecule has 0 unspecified atom stereocenters. The van der Waals surface area contributed by atoms with Gasteiger partial charge in [0.2, 0.25) is 5.91 Å². The van der Waals surface area contributed by atoms with Gasteiger partial charge in [0.1, 0.15) is 5.70 Å². The third-order valence-electron chi connectivity index (χ3n) is 5.31. The standard InChI is InChI=1S/C29H24N4O4S2/c30-27(35)23-10-4-5-11-24(23)32-26(34)18-39-21-14-12-20(13-15-21)31-29(37)25(17-22-9-6-16-38-22)33-28(36)19-7-2-1-3-8-19/h1-17H,18H2,(H2,30,35)(H,31,37)(H,32,34)(H,33,36)/b25-17-. The van der Waals surface area contributed by atoms with Gasteiger partial charge in [-0.3, -0.25) is 19.2 Å². The highest BCUT2D eigenvalue weighted by molar-refractivity contribution is 8.00. The third-order valence-corrected chi connectivity index (χ3v) is 7.14. The number of carbonyl (C=O) groups excluding carboxylic acids is 4. The first-order valence-electron chi connectivity index (χ1n) is 11.7. The van der Waals surface area contributed by atoms with Crippen LogP contribution in [0.15, 0.2) is 107 Å². The molecule has 196 valence electrons. The molecule has 0 saturated carbocycles. The Bertz CT molecular complexity index is 1500. The molecule has 0 fully saturated rings. The van der Waals surface area contributed by atoms with Crippen LogP contribution in [0, 0.1) is 0 Å². The number of amides is 4. The van der Waals surface area contributed by atoms with E-state index in [4.69, 9.17) is 5.73 Å². The Kier molecular flexibility index (Phi) is 9.28. The van der Waals surface area contributed by atoms with Gasteiger partial charge in [0.05, 0.1) is 17.0 Å². The van der Waals surface area contributed by atoms with Crippen LogP contribution < -0.4 is 21.7 Å². The highest BCUT2D eigenvalue weighted by atomic mass is 32.2. The van der Waals surface area contributed by atoms with E-state index in [0.717, 1.165) is 9.77 Å². The van der Waals surface area contributed by atoms with Crippen molar-refractivity contribution in [1.82, 2.24) is 5.32 Å². The summed E-state index contributed by atoms with van der Waals surface area (Å²) in [5, 5.41) is 10.1. The fraction of sp³-hybridized carbons (Fsp3) is 0.0345. The van der Waals surface area contributed by atoms with Gasteiger partial charge in [0, 0.05) is 21.0 Å². The zero-order valence-corrected chi connectivity index (χ0v) is 22.2. The first-order valence-corrected chi connectivity index (χ1v) is 13.6. The summed E-state index contributed by atoms with van der Waals surface area (Å²) in [6.45, 7) is 0. The molecule has 0 aliphatic rings. The molecule has 4 amide bonds. The Morgan fingerprint density at radius 1 is 0.821 bits per heavy atom. The average Bonchev–Trinajstić information content (AvgIpc) is 3.46. The Hall–Kier alpha value is -4.67. The molecular formula is C29H24N4O4S2. The Morgan fingerprint density at radius 3 is 2.23 bits per heavy atom. The van der Waals surface area contributed by atoms with Crippen molar-refractivity contribution in [1.29, 1.82) is 0 Å². The smallest absolute Gasteiger partial charge is 0.272 e. The number of hydrogen-bond acceptors (Lipinski definition) is 6.